The zero-order valence-corrected chi connectivity index (χ0v) is 20.0. The third-order valence-corrected chi connectivity index (χ3v) is 8.26. The highest BCUT2D eigenvalue weighted by molar-refractivity contribution is 6.05. The second-order valence-electron chi connectivity index (χ2n) is 10.6. The molecule has 0 bridgehead atoms. The van der Waals surface area contributed by atoms with Crippen LogP contribution in [0.15, 0.2) is 30.5 Å². The van der Waals surface area contributed by atoms with Crippen LogP contribution in [0.25, 0.3) is 11.3 Å². The maximum Gasteiger partial charge on any atom is 0.255 e. The van der Waals surface area contributed by atoms with E-state index < -0.39 is 11.9 Å². The molecular weight excluding hydrogens is 463 g/mol. The van der Waals surface area contributed by atoms with Gasteiger partial charge in [0.1, 0.15) is 11.7 Å². The van der Waals surface area contributed by atoms with Gasteiger partial charge in [0.15, 0.2) is 5.82 Å². The average molecular weight is 493 g/mol. The minimum Gasteiger partial charge on any atom is -0.393 e. The van der Waals surface area contributed by atoms with E-state index in [0.717, 1.165) is 37.9 Å². The molecule has 3 amide bonds. The molecule has 4 atom stereocenters. The van der Waals surface area contributed by atoms with Crippen molar-refractivity contribution in [3.8, 4) is 11.3 Å². The molecule has 2 saturated heterocycles. The number of nitrogens with zero attached hydrogens (tertiary/aromatic N) is 3. The highest BCUT2D eigenvalue weighted by atomic mass is 19.1. The number of halogens is 1. The first-order valence-corrected chi connectivity index (χ1v) is 12.7. The van der Waals surface area contributed by atoms with Gasteiger partial charge in [-0.2, -0.15) is 0 Å². The summed E-state index contributed by atoms with van der Waals surface area (Å²) in [5.41, 5.74) is 2.62. The van der Waals surface area contributed by atoms with E-state index in [-0.39, 0.29) is 42.4 Å². The third-order valence-electron chi connectivity index (χ3n) is 8.26. The third kappa shape index (κ3) is 4.10. The van der Waals surface area contributed by atoms with Crippen LogP contribution in [0.3, 0.4) is 0 Å². The number of imide groups is 1. The van der Waals surface area contributed by atoms with E-state index in [1.807, 2.05) is 0 Å². The summed E-state index contributed by atoms with van der Waals surface area (Å²) in [5.74, 6) is -0.356. The van der Waals surface area contributed by atoms with Gasteiger partial charge in [-0.1, -0.05) is 6.07 Å². The standard InChI is InChI=1S/C27H29FN4O4/c28-24-17(12-31-11-16-1-3-20(33)10-18(16)13-31)7-8-29-25(24)15-2-4-21-19(9-15)14-32(27(21)36)22-5-6-23(34)30-26(22)35/h2,4,7-9,16,18,20,22,33H,1,3,5-6,10-14H2,(H,30,34,35)/t16-,18+,20?,22+/m1/s1. The molecule has 0 radical (unpaired) electrons. The molecule has 36 heavy (non-hydrogen) atoms. The summed E-state index contributed by atoms with van der Waals surface area (Å²) in [6.07, 6.45) is 4.60. The van der Waals surface area contributed by atoms with Gasteiger partial charge >= 0.3 is 0 Å². The van der Waals surface area contributed by atoms with Gasteiger partial charge in [-0.05, 0) is 61.3 Å². The first-order chi connectivity index (χ1) is 17.4. The molecule has 9 heteroatoms. The predicted molar refractivity (Wildman–Crippen MR) is 128 cm³/mol. The van der Waals surface area contributed by atoms with E-state index in [1.165, 1.54) is 4.90 Å². The zero-order valence-electron chi connectivity index (χ0n) is 20.0. The number of hydrogen-bond acceptors (Lipinski definition) is 6. The number of likely N-dealkylation sites (tertiary alicyclic amines) is 1. The monoisotopic (exact) mass is 492 g/mol. The van der Waals surface area contributed by atoms with Crippen LogP contribution < -0.4 is 5.32 Å². The van der Waals surface area contributed by atoms with Crippen molar-refractivity contribution >= 4 is 17.7 Å². The van der Waals surface area contributed by atoms with Crippen LogP contribution in [0.1, 0.15) is 53.6 Å². The molecule has 3 fully saturated rings. The lowest BCUT2D eigenvalue weighted by Gasteiger charge is -2.29. The molecule has 8 nitrogen and oxygen atoms in total. The van der Waals surface area contributed by atoms with E-state index in [2.05, 4.69) is 15.2 Å². The van der Waals surface area contributed by atoms with Crippen molar-refractivity contribution < 1.29 is 23.9 Å². The first-order valence-electron chi connectivity index (χ1n) is 12.7. The molecular formula is C27H29FN4O4. The summed E-state index contributed by atoms with van der Waals surface area (Å²) < 4.78 is 15.6. The van der Waals surface area contributed by atoms with Gasteiger partial charge in [-0.25, -0.2) is 4.39 Å². The number of pyridine rings is 1. The number of hydrogen-bond donors (Lipinski definition) is 2. The van der Waals surface area contributed by atoms with Gasteiger partial charge in [0.25, 0.3) is 5.91 Å². The Morgan fingerprint density at radius 3 is 2.75 bits per heavy atom. The van der Waals surface area contributed by atoms with Gasteiger partial charge < -0.3 is 10.0 Å². The molecule has 1 aromatic carbocycles. The molecule has 2 N–H and O–H groups in total. The van der Waals surface area contributed by atoms with Crippen molar-refractivity contribution in [2.24, 2.45) is 11.8 Å². The molecule has 0 spiro atoms. The van der Waals surface area contributed by atoms with Crippen LogP contribution in [-0.4, -0.2) is 62.8 Å². The summed E-state index contributed by atoms with van der Waals surface area (Å²) in [7, 11) is 0. The summed E-state index contributed by atoms with van der Waals surface area (Å²) >= 11 is 0. The van der Waals surface area contributed by atoms with E-state index in [9.17, 15) is 19.5 Å². The summed E-state index contributed by atoms with van der Waals surface area (Å²) in [6.45, 7) is 2.52. The number of aliphatic hydroxyl groups is 1. The first kappa shape index (κ1) is 23.2. The van der Waals surface area contributed by atoms with Crippen LogP contribution >= 0.6 is 0 Å². The van der Waals surface area contributed by atoms with Crippen LogP contribution in [0.5, 0.6) is 0 Å². The Kier molecular flexibility index (Phi) is 5.84. The molecule has 1 unspecified atom stereocenters. The molecule has 188 valence electrons. The maximum absolute atomic E-state index is 15.6. The summed E-state index contributed by atoms with van der Waals surface area (Å²) in [6, 6.07) is 6.18. The lowest BCUT2D eigenvalue weighted by Crippen LogP contribution is -2.52. The highest BCUT2D eigenvalue weighted by Crippen LogP contribution is 2.37. The number of benzene rings is 1. The van der Waals surface area contributed by atoms with Gasteiger partial charge in [0, 0.05) is 55.5 Å². The molecule has 1 aliphatic carbocycles. The maximum atomic E-state index is 15.6. The highest BCUT2D eigenvalue weighted by Gasteiger charge is 2.40. The Balaban J connectivity index is 1.20. The van der Waals surface area contributed by atoms with Gasteiger partial charge in [-0.3, -0.25) is 29.6 Å². The number of fused-ring (bicyclic) bond motifs is 2. The van der Waals surface area contributed by atoms with E-state index >= 15 is 4.39 Å². The van der Waals surface area contributed by atoms with Gasteiger partial charge in [-0.15, -0.1) is 0 Å². The smallest absolute Gasteiger partial charge is 0.255 e. The average Bonchev–Trinajstić information content (AvgIpc) is 3.40. The Bertz CT molecular complexity index is 1250. The molecule has 6 rings (SSSR count). The van der Waals surface area contributed by atoms with Crippen molar-refractivity contribution in [2.45, 2.75) is 57.3 Å². The number of aliphatic hydroxyl groups excluding tert-OH is 1. The summed E-state index contributed by atoms with van der Waals surface area (Å²) in [4.78, 5) is 44.8. The fraction of sp³-hybridized carbons (Fsp3) is 0.481. The Hall–Kier alpha value is -3.17. The fourth-order valence-corrected chi connectivity index (χ4v) is 6.40. The molecule has 1 saturated carbocycles. The van der Waals surface area contributed by atoms with Crippen molar-refractivity contribution in [1.82, 2.24) is 20.1 Å². The Morgan fingerprint density at radius 1 is 1.08 bits per heavy atom. The number of amides is 3. The number of aromatic nitrogens is 1. The van der Waals surface area contributed by atoms with E-state index in [4.69, 9.17) is 0 Å². The fourth-order valence-electron chi connectivity index (χ4n) is 6.40. The molecule has 3 aliphatic heterocycles. The van der Waals surface area contributed by atoms with Crippen molar-refractivity contribution in [3.63, 3.8) is 0 Å². The second-order valence-corrected chi connectivity index (χ2v) is 10.6. The number of piperidine rings is 1. The van der Waals surface area contributed by atoms with Crippen LogP contribution in [0.4, 0.5) is 4.39 Å². The minimum absolute atomic E-state index is 0.197. The molecule has 1 aromatic heterocycles. The lowest BCUT2D eigenvalue weighted by molar-refractivity contribution is -0.136. The van der Waals surface area contributed by atoms with E-state index in [0.29, 0.717) is 41.5 Å². The molecule has 2 aromatic rings. The quantitative estimate of drug-likeness (QED) is 0.635. The molecule has 4 aliphatic rings. The van der Waals surface area contributed by atoms with E-state index in [1.54, 1.807) is 30.5 Å². The zero-order chi connectivity index (χ0) is 25.0. The normalized spacial score (nSPS) is 28.3. The largest absolute Gasteiger partial charge is 0.393 e. The number of carbonyl (C=O) groups excluding carboxylic acids is 3. The van der Waals surface area contributed by atoms with Gasteiger partial charge in [0.05, 0.1) is 6.10 Å². The second kappa shape index (κ2) is 9.05. The Labute approximate surface area is 208 Å². The molecule has 4 heterocycles. The van der Waals surface area contributed by atoms with Crippen molar-refractivity contribution in [3.05, 3.63) is 53.0 Å². The number of nitrogens with one attached hydrogen (secondary N) is 1. The van der Waals surface area contributed by atoms with Crippen molar-refractivity contribution in [1.29, 1.82) is 0 Å². The minimum atomic E-state index is -0.686. The predicted octanol–water partition coefficient (Wildman–Crippen LogP) is 2.24. The van der Waals surface area contributed by atoms with Crippen LogP contribution in [-0.2, 0) is 22.7 Å². The SMILES string of the molecule is O=C1CC[C@H](N2Cc3cc(-c4nccc(CN5C[C@H]6CCC(O)C[C@H]6C5)c4F)ccc3C2=O)C(=O)N1. The van der Waals surface area contributed by atoms with Crippen molar-refractivity contribution in [2.75, 3.05) is 13.1 Å². The number of carbonyl (C=O) groups is 3. The van der Waals surface area contributed by atoms with Crippen LogP contribution in [0, 0.1) is 17.7 Å². The van der Waals surface area contributed by atoms with Crippen LogP contribution in [0.2, 0.25) is 0 Å². The Morgan fingerprint density at radius 2 is 1.92 bits per heavy atom. The van der Waals surface area contributed by atoms with Gasteiger partial charge in [0.2, 0.25) is 11.8 Å². The number of rotatable bonds is 4. The topological polar surface area (TPSA) is 103 Å². The summed E-state index contributed by atoms with van der Waals surface area (Å²) in [5, 5.41) is 12.3. The lowest BCUT2D eigenvalue weighted by atomic mass is 9.80.